The Morgan fingerprint density at radius 3 is 2.46 bits per heavy atom. The molecule has 1 aromatic carbocycles. The number of phenolic OH excluding ortho intramolecular Hbond substituents is 1. The Kier molecular flexibility index (Phi) is 5.76. The van der Waals surface area contributed by atoms with Crippen LogP contribution >= 0.6 is 0 Å². The molecule has 3 aliphatic carbocycles. The third-order valence-electron chi connectivity index (χ3n) is 7.02. The van der Waals surface area contributed by atoms with Crippen molar-refractivity contribution < 1.29 is 39.9 Å². The number of likely N-dealkylation sites (N-methyl/N-ethyl adjacent to an activating group) is 1. The Morgan fingerprint density at radius 2 is 1.89 bits per heavy atom. The van der Waals surface area contributed by atoms with Crippen LogP contribution in [0.5, 0.6) is 5.75 Å². The Balaban J connectivity index is 1.97. The van der Waals surface area contributed by atoms with Crippen molar-refractivity contribution in [1.82, 2.24) is 4.90 Å². The number of benzene rings is 1. The number of aromatic hydroxyl groups is 1. The van der Waals surface area contributed by atoms with E-state index in [4.69, 9.17) is 5.73 Å². The number of rotatable bonds is 2. The van der Waals surface area contributed by atoms with Crippen molar-refractivity contribution in [2.75, 3.05) is 14.1 Å². The number of fused-ring (bicyclic) bond motifs is 3. The van der Waals surface area contributed by atoms with Crippen LogP contribution in [0.3, 0.4) is 0 Å². The molecule has 5 atom stereocenters. The lowest BCUT2D eigenvalue weighted by Crippen LogP contribution is -2.65. The van der Waals surface area contributed by atoms with E-state index >= 15 is 0 Å². The van der Waals surface area contributed by atoms with E-state index in [1.165, 1.54) is 38.1 Å². The Hall–Kier alpha value is -3.65. The molecule has 0 spiro atoms. The van der Waals surface area contributed by atoms with Crippen molar-refractivity contribution in [2.45, 2.75) is 37.5 Å². The number of primary amides is 1. The van der Waals surface area contributed by atoms with Crippen molar-refractivity contribution in [3.8, 4) is 17.6 Å². The molecule has 35 heavy (non-hydrogen) atoms. The van der Waals surface area contributed by atoms with Gasteiger partial charge in [-0.2, -0.15) is 0 Å². The van der Waals surface area contributed by atoms with Gasteiger partial charge in [-0.05, 0) is 57.5 Å². The van der Waals surface area contributed by atoms with E-state index in [-0.39, 0.29) is 29.7 Å². The summed E-state index contributed by atoms with van der Waals surface area (Å²) in [5.41, 5.74) is 2.38. The zero-order valence-corrected chi connectivity index (χ0v) is 19.4. The first-order valence-corrected chi connectivity index (χ1v) is 11.0. The molecule has 4 rings (SSSR count). The summed E-state index contributed by atoms with van der Waals surface area (Å²) < 4.78 is 0. The first kappa shape index (κ1) is 24.5. The van der Waals surface area contributed by atoms with E-state index in [9.17, 15) is 39.9 Å². The highest BCUT2D eigenvalue weighted by molar-refractivity contribution is 6.24. The highest BCUT2D eigenvalue weighted by Crippen LogP contribution is 2.52. The lowest BCUT2D eigenvalue weighted by Gasteiger charge is -2.50. The number of phenols is 1. The van der Waals surface area contributed by atoms with Gasteiger partial charge in [0.2, 0.25) is 5.78 Å². The van der Waals surface area contributed by atoms with Crippen LogP contribution in [0.1, 0.15) is 30.0 Å². The second-order valence-corrected chi connectivity index (χ2v) is 9.39. The Morgan fingerprint density at radius 1 is 1.23 bits per heavy atom. The molecule has 0 bridgehead atoms. The number of carbonyl (C=O) groups excluding carboxylic acids is 3. The third-order valence-corrected chi connectivity index (χ3v) is 7.02. The van der Waals surface area contributed by atoms with Crippen molar-refractivity contribution in [3.63, 3.8) is 0 Å². The monoisotopic (exact) mass is 482 g/mol. The zero-order valence-electron chi connectivity index (χ0n) is 19.4. The second-order valence-electron chi connectivity index (χ2n) is 9.39. The van der Waals surface area contributed by atoms with Gasteiger partial charge in [-0.25, -0.2) is 0 Å². The number of nitrogens with zero attached hydrogens (tertiary/aromatic N) is 1. The fourth-order valence-corrected chi connectivity index (χ4v) is 5.54. The zero-order chi connectivity index (χ0) is 26.0. The largest absolute Gasteiger partial charge is 0.508 e. The SMILES string of the molecule is CC(O)C#Cc1ccc(O)c2c1C[C@@H]1C[C@@H]3[C@H](N(C)C)C(=O)C(C(N)=O)=C(O)[C@@]3(O)C(=O)C1=C2O. The third kappa shape index (κ3) is 3.43. The van der Waals surface area contributed by atoms with Crippen LogP contribution < -0.4 is 5.73 Å². The topological polar surface area (TPSA) is 182 Å². The van der Waals surface area contributed by atoms with Gasteiger partial charge in [0.15, 0.2) is 11.4 Å². The van der Waals surface area contributed by atoms with Crippen LogP contribution in [0, 0.1) is 23.7 Å². The highest BCUT2D eigenvalue weighted by Gasteiger charge is 2.64. The normalized spacial score (nSPS) is 28.7. The van der Waals surface area contributed by atoms with Gasteiger partial charge in [-0.15, -0.1) is 0 Å². The smallest absolute Gasteiger partial charge is 0.255 e. The van der Waals surface area contributed by atoms with Gasteiger partial charge in [0.1, 0.15) is 28.9 Å². The van der Waals surface area contributed by atoms with Gasteiger partial charge in [0.25, 0.3) is 5.91 Å². The lowest BCUT2D eigenvalue weighted by molar-refractivity contribution is -0.153. The van der Waals surface area contributed by atoms with E-state index < -0.39 is 64.1 Å². The molecule has 1 unspecified atom stereocenters. The lowest BCUT2D eigenvalue weighted by atomic mass is 9.57. The predicted molar refractivity (Wildman–Crippen MR) is 123 cm³/mol. The maximum Gasteiger partial charge on any atom is 0.255 e. The van der Waals surface area contributed by atoms with Gasteiger partial charge >= 0.3 is 0 Å². The number of ketones is 2. The first-order valence-electron chi connectivity index (χ1n) is 11.0. The van der Waals surface area contributed by atoms with E-state index in [0.29, 0.717) is 11.1 Å². The van der Waals surface area contributed by atoms with Crippen molar-refractivity contribution in [2.24, 2.45) is 17.6 Å². The molecule has 1 fully saturated rings. The number of amides is 1. The summed E-state index contributed by atoms with van der Waals surface area (Å²) in [5.74, 6) is -1.62. The summed E-state index contributed by atoms with van der Waals surface area (Å²) in [6, 6.07) is 1.67. The van der Waals surface area contributed by atoms with Crippen LogP contribution in [-0.4, -0.2) is 79.7 Å². The fraction of sp³-hybridized carbons (Fsp3) is 0.400. The minimum absolute atomic E-state index is 0.00924. The molecule has 0 heterocycles. The fourth-order valence-electron chi connectivity index (χ4n) is 5.54. The highest BCUT2D eigenvalue weighted by atomic mass is 16.3. The van der Waals surface area contributed by atoms with Gasteiger partial charge in [-0.3, -0.25) is 19.3 Å². The van der Waals surface area contributed by atoms with Crippen LogP contribution in [0.25, 0.3) is 5.76 Å². The van der Waals surface area contributed by atoms with Crippen molar-refractivity contribution in [1.29, 1.82) is 0 Å². The summed E-state index contributed by atoms with van der Waals surface area (Å²) in [5, 5.41) is 53.5. The quantitative estimate of drug-likeness (QED) is 0.243. The van der Waals surface area contributed by atoms with Crippen LogP contribution in [0.4, 0.5) is 0 Å². The molecule has 1 amide bonds. The molecular formula is C25H26N2O8. The molecule has 3 aliphatic rings. The molecular weight excluding hydrogens is 456 g/mol. The van der Waals surface area contributed by atoms with E-state index in [1.54, 1.807) is 0 Å². The number of nitrogens with two attached hydrogens (primary N) is 1. The predicted octanol–water partition coefficient (Wildman–Crippen LogP) is -0.304. The van der Waals surface area contributed by atoms with Crippen LogP contribution in [0.2, 0.25) is 0 Å². The van der Waals surface area contributed by atoms with E-state index in [1.807, 2.05) is 0 Å². The molecule has 184 valence electrons. The average molecular weight is 482 g/mol. The van der Waals surface area contributed by atoms with Gasteiger partial charge in [-0.1, -0.05) is 11.8 Å². The van der Waals surface area contributed by atoms with Crippen molar-refractivity contribution >= 4 is 23.2 Å². The molecule has 0 aliphatic heterocycles. The maximum atomic E-state index is 13.7. The van der Waals surface area contributed by atoms with Crippen LogP contribution in [-0.2, 0) is 20.8 Å². The molecule has 0 aromatic heterocycles. The maximum absolute atomic E-state index is 13.7. The summed E-state index contributed by atoms with van der Waals surface area (Å²) in [7, 11) is 3.07. The number of Topliss-reactive ketones (excluding diaryl/α,β-unsaturated/α-hetero) is 2. The summed E-state index contributed by atoms with van der Waals surface area (Å²) >= 11 is 0. The molecule has 10 heteroatoms. The number of aliphatic hydroxyl groups excluding tert-OH is 3. The molecule has 1 saturated carbocycles. The molecule has 0 saturated heterocycles. The van der Waals surface area contributed by atoms with Gasteiger partial charge in [0, 0.05) is 17.1 Å². The molecule has 0 radical (unpaired) electrons. The molecule has 10 nitrogen and oxygen atoms in total. The number of hydrogen-bond acceptors (Lipinski definition) is 9. The minimum Gasteiger partial charge on any atom is -0.508 e. The minimum atomic E-state index is -2.68. The number of aliphatic hydroxyl groups is 4. The molecule has 1 aromatic rings. The van der Waals surface area contributed by atoms with Gasteiger partial charge in [0.05, 0.1) is 11.6 Å². The van der Waals surface area contributed by atoms with Crippen LogP contribution in [0.15, 0.2) is 29.0 Å². The molecule has 7 N–H and O–H groups in total. The summed E-state index contributed by atoms with van der Waals surface area (Å²) in [6.07, 6.45) is -0.797. The number of hydrogen-bond donors (Lipinski definition) is 6. The van der Waals surface area contributed by atoms with Gasteiger partial charge < -0.3 is 31.3 Å². The van der Waals surface area contributed by atoms with Crippen molar-refractivity contribution in [3.05, 3.63) is 45.7 Å². The summed E-state index contributed by atoms with van der Waals surface area (Å²) in [4.78, 5) is 40.2. The summed E-state index contributed by atoms with van der Waals surface area (Å²) in [6.45, 7) is 1.48. The van der Waals surface area contributed by atoms with E-state index in [0.717, 1.165) is 0 Å². The Bertz CT molecular complexity index is 1300. The van der Waals surface area contributed by atoms with E-state index in [2.05, 4.69) is 11.8 Å². The number of carbonyl (C=O) groups is 3. The standard InChI is InChI=1S/C25H26N2O8/c1-10(28)4-5-11-6-7-15(29)17-13(11)8-12-9-14-19(27(2)3)21(31)18(24(26)34)23(33)25(14,35)22(32)16(12)20(17)30/h6-7,10,12,14,19,28-30,33,35H,8-9H2,1-3H3,(H2,26,34)/t10?,12-,14-,19+,25+/m1/s1. The first-order chi connectivity index (χ1) is 16.3. The second kappa shape index (κ2) is 8.23. The average Bonchev–Trinajstić information content (AvgIpc) is 2.75. The Labute approximate surface area is 201 Å².